The molecular weight excluding hydrogens is 395 g/mol. The number of amides is 2. The van der Waals surface area contributed by atoms with E-state index in [1.54, 1.807) is 63.2 Å². The third-order valence-electron chi connectivity index (χ3n) is 4.28. The minimum absolute atomic E-state index is 0.119. The van der Waals surface area contributed by atoms with Crippen molar-refractivity contribution in [2.45, 2.75) is 32.9 Å². The lowest BCUT2D eigenvalue weighted by Crippen LogP contribution is -2.32. The highest BCUT2D eigenvalue weighted by Gasteiger charge is 2.16. The van der Waals surface area contributed by atoms with Crippen molar-refractivity contribution in [2.75, 3.05) is 5.32 Å². The zero-order valence-electron chi connectivity index (χ0n) is 17.7. The van der Waals surface area contributed by atoms with Crippen molar-refractivity contribution in [3.8, 4) is 11.1 Å². The van der Waals surface area contributed by atoms with Crippen LogP contribution in [-0.4, -0.2) is 17.6 Å². The van der Waals surface area contributed by atoms with Crippen LogP contribution >= 0.6 is 0 Å². The van der Waals surface area contributed by atoms with Crippen LogP contribution in [0.25, 0.3) is 11.1 Å². The van der Waals surface area contributed by atoms with Crippen LogP contribution in [0.15, 0.2) is 72.8 Å². The number of hydrogen-bond acceptors (Lipinski definition) is 3. The summed E-state index contributed by atoms with van der Waals surface area (Å²) in [5, 5.41) is 5.46. The highest BCUT2D eigenvalue weighted by molar-refractivity contribution is 6.04. The summed E-state index contributed by atoms with van der Waals surface area (Å²) in [5.41, 5.74) is 2.42. The molecular formula is C25H25FN2O3. The van der Waals surface area contributed by atoms with Crippen LogP contribution in [0.3, 0.4) is 0 Å². The number of ether oxygens (including phenoxy) is 1. The first-order chi connectivity index (χ1) is 14.7. The van der Waals surface area contributed by atoms with E-state index in [1.807, 2.05) is 18.2 Å². The van der Waals surface area contributed by atoms with Gasteiger partial charge in [0.25, 0.3) is 5.91 Å². The van der Waals surface area contributed by atoms with Gasteiger partial charge in [0.05, 0.1) is 0 Å². The summed E-state index contributed by atoms with van der Waals surface area (Å²) in [6.07, 6.45) is -0.571. The first kappa shape index (κ1) is 22.0. The van der Waals surface area contributed by atoms with E-state index in [9.17, 15) is 14.0 Å². The Labute approximate surface area is 181 Å². The molecule has 0 atom stereocenters. The van der Waals surface area contributed by atoms with E-state index in [2.05, 4.69) is 10.6 Å². The van der Waals surface area contributed by atoms with E-state index in [0.29, 0.717) is 27.9 Å². The SMILES string of the molecule is CC(C)(C)OC(=O)NCc1cc(F)cc(-c2cccc(C(=O)Nc3ccccc3)c2)c1. The summed E-state index contributed by atoms with van der Waals surface area (Å²) in [6, 6.07) is 20.6. The molecule has 0 fully saturated rings. The Balaban J connectivity index is 1.76. The number of benzene rings is 3. The van der Waals surface area contributed by atoms with Gasteiger partial charge in [-0.05, 0) is 79.9 Å². The normalized spacial score (nSPS) is 11.0. The highest BCUT2D eigenvalue weighted by atomic mass is 19.1. The zero-order chi connectivity index (χ0) is 22.4. The van der Waals surface area contributed by atoms with Crippen molar-refractivity contribution in [1.29, 1.82) is 0 Å². The second-order valence-corrected chi connectivity index (χ2v) is 8.10. The van der Waals surface area contributed by atoms with E-state index in [-0.39, 0.29) is 12.5 Å². The molecule has 0 radical (unpaired) electrons. The van der Waals surface area contributed by atoms with Crippen LogP contribution < -0.4 is 10.6 Å². The molecule has 0 saturated heterocycles. The van der Waals surface area contributed by atoms with Crippen LogP contribution in [0.4, 0.5) is 14.9 Å². The number of hydrogen-bond donors (Lipinski definition) is 2. The zero-order valence-corrected chi connectivity index (χ0v) is 17.7. The van der Waals surface area contributed by atoms with Gasteiger partial charge in [-0.25, -0.2) is 9.18 Å². The lowest BCUT2D eigenvalue weighted by atomic mass is 10.0. The summed E-state index contributed by atoms with van der Waals surface area (Å²) in [4.78, 5) is 24.4. The fraction of sp³-hybridized carbons (Fsp3) is 0.200. The van der Waals surface area contributed by atoms with Crippen LogP contribution in [0.2, 0.25) is 0 Å². The van der Waals surface area contributed by atoms with Crippen molar-refractivity contribution >= 4 is 17.7 Å². The topological polar surface area (TPSA) is 67.4 Å². The summed E-state index contributed by atoms with van der Waals surface area (Å²) in [7, 11) is 0. The first-order valence-corrected chi connectivity index (χ1v) is 9.93. The smallest absolute Gasteiger partial charge is 0.407 e. The molecule has 0 spiro atoms. The molecule has 2 amide bonds. The predicted molar refractivity (Wildman–Crippen MR) is 119 cm³/mol. The molecule has 0 unspecified atom stereocenters. The quantitative estimate of drug-likeness (QED) is 0.551. The Kier molecular flexibility index (Phi) is 6.70. The van der Waals surface area contributed by atoms with Gasteiger partial charge < -0.3 is 15.4 Å². The summed E-state index contributed by atoms with van der Waals surface area (Å²) < 4.78 is 19.4. The fourth-order valence-electron chi connectivity index (χ4n) is 2.97. The molecule has 0 aliphatic rings. The lowest BCUT2D eigenvalue weighted by molar-refractivity contribution is 0.0523. The van der Waals surface area contributed by atoms with Gasteiger partial charge in [0, 0.05) is 17.8 Å². The van der Waals surface area contributed by atoms with E-state index in [4.69, 9.17) is 4.74 Å². The monoisotopic (exact) mass is 420 g/mol. The molecule has 2 N–H and O–H groups in total. The third-order valence-corrected chi connectivity index (χ3v) is 4.28. The maximum Gasteiger partial charge on any atom is 0.407 e. The highest BCUT2D eigenvalue weighted by Crippen LogP contribution is 2.24. The number of carbonyl (C=O) groups excluding carboxylic acids is 2. The van der Waals surface area contributed by atoms with Gasteiger partial charge in [-0.3, -0.25) is 4.79 Å². The van der Waals surface area contributed by atoms with Crippen LogP contribution in [0, 0.1) is 5.82 Å². The minimum Gasteiger partial charge on any atom is -0.444 e. The molecule has 5 nitrogen and oxygen atoms in total. The second kappa shape index (κ2) is 9.43. The van der Waals surface area contributed by atoms with Crippen LogP contribution in [0.1, 0.15) is 36.7 Å². The van der Waals surface area contributed by atoms with Crippen LogP contribution in [-0.2, 0) is 11.3 Å². The Morgan fingerprint density at radius 1 is 0.903 bits per heavy atom. The molecule has 0 aliphatic carbocycles. The molecule has 0 saturated carbocycles. The molecule has 0 aromatic heterocycles. The molecule has 3 rings (SSSR count). The minimum atomic E-state index is -0.613. The Morgan fingerprint density at radius 2 is 1.65 bits per heavy atom. The molecule has 0 heterocycles. The number of alkyl carbamates (subject to hydrolysis) is 1. The van der Waals surface area contributed by atoms with E-state index in [1.165, 1.54) is 12.1 Å². The van der Waals surface area contributed by atoms with Gasteiger partial charge in [0.1, 0.15) is 11.4 Å². The standard InChI is InChI=1S/C25H25FN2O3/c1-25(2,3)31-24(30)27-16-17-12-20(15-21(26)13-17)18-8-7-9-19(14-18)23(29)28-22-10-5-4-6-11-22/h4-15H,16H2,1-3H3,(H,27,30)(H,28,29). The van der Waals surface area contributed by atoms with Gasteiger partial charge in [0.15, 0.2) is 0 Å². The third kappa shape index (κ3) is 6.67. The van der Waals surface area contributed by atoms with Crippen LogP contribution in [0.5, 0.6) is 0 Å². The Hall–Kier alpha value is -3.67. The number of anilines is 1. The molecule has 0 bridgehead atoms. The number of carbonyl (C=O) groups is 2. The van der Waals surface area contributed by atoms with Crippen molar-refractivity contribution in [2.24, 2.45) is 0 Å². The number of para-hydroxylation sites is 1. The summed E-state index contributed by atoms with van der Waals surface area (Å²) in [5.74, 6) is -0.686. The van der Waals surface area contributed by atoms with Crippen molar-refractivity contribution in [3.05, 3.63) is 89.7 Å². The van der Waals surface area contributed by atoms with Gasteiger partial charge in [-0.1, -0.05) is 30.3 Å². The second-order valence-electron chi connectivity index (χ2n) is 8.10. The van der Waals surface area contributed by atoms with E-state index >= 15 is 0 Å². The molecule has 160 valence electrons. The molecule has 31 heavy (non-hydrogen) atoms. The largest absolute Gasteiger partial charge is 0.444 e. The van der Waals surface area contributed by atoms with E-state index < -0.39 is 17.5 Å². The average Bonchev–Trinajstić information content (AvgIpc) is 2.71. The van der Waals surface area contributed by atoms with Crippen molar-refractivity contribution in [1.82, 2.24) is 5.32 Å². The maximum absolute atomic E-state index is 14.2. The molecule has 3 aromatic rings. The Morgan fingerprint density at radius 3 is 2.35 bits per heavy atom. The summed E-state index contributed by atoms with van der Waals surface area (Å²) >= 11 is 0. The van der Waals surface area contributed by atoms with Gasteiger partial charge in [-0.2, -0.15) is 0 Å². The number of nitrogens with one attached hydrogen (secondary N) is 2. The van der Waals surface area contributed by atoms with Gasteiger partial charge in [0.2, 0.25) is 0 Å². The fourth-order valence-corrected chi connectivity index (χ4v) is 2.97. The molecule has 0 aliphatic heterocycles. The summed E-state index contributed by atoms with van der Waals surface area (Å²) in [6.45, 7) is 5.43. The molecule has 6 heteroatoms. The average molecular weight is 420 g/mol. The lowest BCUT2D eigenvalue weighted by Gasteiger charge is -2.19. The van der Waals surface area contributed by atoms with Gasteiger partial charge >= 0.3 is 6.09 Å². The number of halogens is 1. The molecule has 3 aromatic carbocycles. The maximum atomic E-state index is 14.2. The van der Waals surface area contributed by atoms with Crippen molar-refractivity contribution in [3.63, 3.8) is 0 Å². The Bertz CT molecular complexity index is 1080. The number of rotatable bonds is 5. The first-order valence-electron chi connectivity index (χ1n) is 9.93. The van der Waals surface area contributed by atoms with E-state index in [0.717, 1.165) is 0 Å². The van der Waals surface area contributed by atoms with Crippen molar-refractivity contribution < 1.29 is 18.7 Å². The van der Waals surface area contributed by atoms with Gasteiger partial charge in [-0.15, -0.1) is 0 Å². The predicted octanol–water partition coefficient (Wildman–Crippen LogP) is 5.77.